The van der Waals surface area contributed by atoms with Crippen molar-refractivity contribution in [3.8, 4) is 0 Å². The fourth-order valence-electron chi connectivity index (χ4n) is 3.62. The first-order valence-electron chi connectivity index (χ1n) is 9.96. The van der Waals surface area contributed by atoms with E-state index in [1.54, 1.807) is 6.08 Å². The molecule has 0 aliphatic carbocycles. The first-order chi connectivity index (χ1) is 14.6. The van der Waals surface area contributed by atoms with E-state index in [1.807, 2.05) is 65.3 Å². The molecule has 29 heavy (non-hydrogen) atoms. The van der Waals surface area contributed by atoms with Crippen LogP contribution in [0.5, 0.6) is 0 Å². The quantitative estimate of drug-likeness (QED) is 0.473. The molecule has 0 unspecified atom stereocenters. The maximum Gasteiger partial charge on any atom is 0.0658 e. The molecule has 0 saturated carbocycles. The number of hydrogen-bond donors (Lipinski definition) is 2. The minimum atomic E-state index is -0.0404. The molecule has 0 saturated heterocycles. The Balaban J connectivity index is 1.94. The highest BCUT2D eigenvalue weighted by molar-refractivity contribution is 5.82. The number of aliphatic hydroxyl groups excluding tert-OH is 1. The van der Waals surface area contributed by atoms with E-state index in [0.29, 0.717) is 23.7 Å². The van der Waals surface area contributed by atoms with E-state index in [-0.39, 0.29) is 6.61 Å². The van der Waals surface area contributed by atoms with Gasteiger partial charge in [0.1, 0.15) is 0 Å². The van der Waals surface area contributed by atoms with E-state index in [0.717, 1.165) is 39.3 Å². The second-order valence-electron chi connectivity index (χ2n) is 6.92. The summed E-state index contributed by atoms with van der Waals surface area (Å²) in [6, 6.07) is 12.2. The van der Waals surface area contributed by atoms with Crippen molar-refractivity contribution >= 4 is 52.4 Å². The third-order valence-corrected chi connectivity index (χ3v) is 4.92. The van der Waals surface area contributed by atoms with Gasteiger partial charge in [0.05, 0.1) is 36.3 Å². The fourth-order valence-corrected chi connectivity index (χ4v) is 3.62. The first kappa shape index (κ1) is 16.3. The van der Waals surface area contributed by atoms with Gasteiger partial charge in [-0.1, -0.05) is 12.7 Å². The average Bonchev–Trinajstić information content (AvgIpc) is 3.49. The van der Waals surface area contributed by atoms with Gasteiger partial charge in [0.15, 0.2) is 0 Å². The molecule has 0 aromatic carbocycles. The lowest BCUT2D eigenvalue weighted by Crippen LogP contribution is -2.01. The normalized spacial score (nSPS) is 12.9. The molecule has 5 nitrogen and oxygen atoms in total. The van der Waals surface area contributed by atoms with Crippen LogP contribution in [0.15, 0.2) is 49.0 Å². The van der Waals surface area contributed by atoms with Crippen molar-refractivity contribution < 1.29 is 6.48 Å². The van der Waals surface area contributed by atoms with Crippen molar-refractivity contribution in [1.29, 1.82) is 0 Å². The van der Waals surface area contributed by atoms with Gasteiger partial charge in [0, 0.05) is 23.1 Å². The van der Waals surface area contributed by atoms with Crippen LogP contribution >= 0.6 is 0 Å². The van der Waals surface area contributed by atoms with Crippen molar-refractivity contribution in [2.45, 2.75) is 6.54 Å². The van der Waals surface area contributed by atoms with Gasteiger partial charge in [-0.25, -0.2) is 9.97 Å². The molecule has 0 amide bonds. The monoisotopic (exact) mass is 381 g/mol. The molecule has 2 aliphatic rings. The Morgan fingerprint density at radius 2 is 1.55 bits per heavy atom. The molecule has 0 fully saturated rings. The number of aromatic nitrogens is 4. The Bertz CT molecular complexity index is 1390. The van der Waals surface area contributed by atoms with E-state index in [4.69, 9.17) is 1.37 Å². The Morgan fingerprint density at radius 1 is 0.966 bits per heavy atom. The van der Waals surface area contributed by atoms with Gasteiger partial charge in [0.25, 0.3) is 0 Å². The van der Waals surface area contributed by atoms with Gasteiger partial charge >= 0.3 is 0 Å². The van der Waals surface area contributed by atoms with Crippen LogP contribution in [-0.2, 0) is 6.54 Å². The van der Waals surface area contributed by atoms with Crippen LogP contribution in [0.3, 0.4) is 0 Å². The van der Waals surface area contributed by atoms with Crippen molar-refractivity contribution in [2.75, 3.05) is 6.61 Å². The molecule has 8 bridgehead atoms. The lowest BCUT2D eigenvalue weighted by atomic mass is 10.2. The van der Waals surface area contributed by atoms with Gasteiger partial charge < -0.3 is 14.7 Å². The molecule has 0 radical (unpaired) electrons. The number of aliphatic hydroxyl groups is 1. The number of aromatic amines is 1. The number of rotatable bonds is 3. The number of nitrogens with one attached hydrogen (secondary N) is 1. The van der Waals surface area contributed by atoms with Gasteiger partial charge in [-0.15, -0.1) is 0 Å². The molecule has 142 valence electrons. The van der Waals surface area contributed by atoms with Crippen LogP contribution < -0.4 is 0 Å². The van der Waals surface area contributed by atoms with Crippen molar-refractivity contribution in [3.05, 3.63) is 77.4 Å². The van der Waals surface area contributed by atoms with Crippen molar-refractivity contribution in [1.82, 2.24) is 19.5 Å². The second kappa shape index (κ2) is 7.04. The molecule has 3 aromatic heterocycles. The third-order valence-electron chi connectivity index (χ3n) is 4.92. The van der Waals surface area contributed by atoms with Crippen LogP contribution in [0.4, 0.5) is 0 Å². The SMILES string of the molecule is [2H]c1c(C=C)c2cc3nc(cc4ccc(cc5nc(cc1n2CCO)C=C5)[nH]4)C=C3. The maximum atomic E-state index is 9.67. The number of fused-ring (bicyclic) bond motifs is 8. The Labute approximate surface area is 169 Å². The van der Waals surface area contributed by atoms with Crippen LogP contribution in [0, 0.1) is 0 Å². The topological polar surface area (TPSA) is 66.7 Å². The highest BCUT2D eigenvalue weighted by Gasteiger charge is 2.08. The summed E-state index contributed by atoms with van der Waals surface area (Å²) in [5.41, 5.74) is 7.32. The lowest BCUT2D eigenvalue weighted by molar-refractivity contribution is 0.279. The third kappa shape index (κ3) is 3.32. The largest absolute Gasteiger partial charge is 0.395 e. The molecule has 5 rings (SSSR count). The van der Waals surface area contributed by atoms with Crippen LogP contribution in [0.1, 0.15) is 29.7 Å². The second-order valence-corrected chi connectivity index (χ2v) is 6.92. The molecule has 2 aliphatic heterocycles. The van der Waals surface area contributed by atoms with Gasteiger partial charge in [-0.3, -0.25) is 0 Å². The predicted octanol–water partition coefficient (Wildman–Crippen LogP) is 4.76. The number of H-pyrrole nitrogens is 1. The summed E-state index contributed by atoms with van der Waals surface area (Å²) >= 11 is 0. The predicted molar refractivity (Wildman–Crippen MR) is 120 cm³/mol. The standard InChI is InChI=1S/C24H20N4O/c1-2-16-11-23-14-21-7-5-19(26-21)12-17-3-4-18(25-17)13-20-6-8-22(27-20)15-24(16)28(23)9-10-29/h2-8,11-15,25,29H,1,9-10H2/i11D. The maximum absolute atomic E-state index is 9.67. The van der Waals surface area contributed by atoms with E-state index >= 15 is 0 Å². The Morgan fingerprint density at radius 3 is 2.14 bits per heavy atom. The average molecular weight is 381 g/mol. The van der Waals surface area contributed by atoms with E-state index in [2.05, 4.69) is 21.5 Å². The summed E-state index contributed by atoms with van der Waals surface area (Å²) < 4.78 is 10.6. The highest BCUT2D eigenvalue weighted by Crippen LogP contribution is 2.23. The first-order valence-corrected chi connectivity index (χ1v) is 9.46. The zero-order valence-electron chi connectivity index (χ0n) is 16.8. The minimum absolute atomic E-state index is 0.0404. The molecule has 0 atom stereocenters. The smallest absolute Gasteiger partial charge is 0.0658 e. The molecule has 0 spiro atoms. The Kier molecular flexibility index (Phi) is 3.95. The van der Waals surface area contributed by atoms with Gasteiger partial charge in [0.2, 0.25) is 0 Å². The van der Waals surface area contributed by atoms with E-state index in [9.17, 15) is 5.11 Å². The number of nitrogens with zero attached hydrogens (tertiary/aromatic N) is 3. The molecular weight excluding hydrogens is 360 g/mol. The highest BCUT2D eigenvalue weighted by atomic mass is 16.3. The van der Waals surface area contributed by atoms with Crippen molar-refractivity contribution in [3.63, 3.8) is 0 Å². The summed E-state index contributed by atoms with van der Waals surface area (Å²) in [7, 11) is 0. The summed E-state index contributed by atoms with van der Waals surface area (Å²) in [6.45, 7) is 4.22. The zero-order chi connectivity index (χ0) is 20.7. The Hall–Kier alpha value is -3.70. The summed E-state index contributed by atoms with van der Waals surface area (Å²) in [5, 5.41) is 9.67. The molecule has 5 heterocycles. The zero-order valence-corrected chi connectivity index (χ0v) is 15.8. The fraction of sp³-hybridized carbons (Fsp3) is 0.0833. The molecule has 5 heteroatoms. The van der Waals surface area contributed by atoms with Gasteiger partial charge in [-0.2, -0.15) is 0 Å². The molecular formula is C24H20N4O. The summed E-state index contributed by atoms with van der Waals surface area (Å²) in [5.74, 6) is 0. The van der Waals surface area contributed by atoms with Crippen LogP contribution in [0.25, 0.3) is 52.4 Å². The van der Waals surface area contributed by atoms with Crippen LogP contribution in [0.2, 0.25) is 0 Å². The summed E-state index contributed by atoms with van der Waals surface area (Å²) in [6.07, 6.45) is 9.46. The summed E-state index contributed by atoms with van der Waals surface area (Å²) in [4.78, 5) is 12.7. The number of hydrogen-bond acceptors (Lipinski definition) is 3. The van der Waals surface area contributed by atoms with E-state index in [1.165, 1.54) is 0 Å². The van der Waals surface area contributed by atoms with Crippen LogP contribution in [-0.4, -0.2) is 31.2 Å². The van der Waals surface area contributed by atoms with E-state index < -0.39 is 0 Å². The lowest BCUT2D eigenvalue weighted by Gasteiger charge is -2.04. The molecule has 2 N–H and O–H groups in total. The van der Waals surface area contributed by atoms with Crippen molar-refractivity contribution in [2.24, 2.45) is 0 Å². The van der Waals surface area contributed by atoms with Gasteiger partial charge in [-0.05, 0) is 72.3 Å². The molecule has 3 aromatic rings. The minimum Gasteiger partial charge on any atom is -0.395 e.